The Morgan fingerprint density at radius 3 is 2.50 bits per heavy atom. The Kier molecular flexibility index (Phi) is 6.23. The molecular weight excluding hydrogens is 486 g/mol. The van der Waals surface area contributed by atoms with Crippen LogP contribution in [0, 0.1) is 6.57 Å². The zero-order valence-corrected chi connectivity index (χ0v) is 19.5. The van der Waals surface area contributed by atoms with Gasteiger partial charge in [0.25, 0.3) is 23.5 Å². The number of hydrogen-bond donors (Lipinski definition) is 3. The highest BCUT2D eigenvalue weighted by Crippen LogP contribution is 2.40. The van der Waals surface area contributed by atoms with E-state index >= 15 is 0 Å². The third-order valence-corrected chi connectivity index (χ3v) is 5.51. The van der Waals surface area contributed by atoms with Crippen LogP contribution in [0.5, 0.6) is 5.75 Å². The Morgan fingerprint density at radius 1 is 1.00 bits per heavy atom. The van der Waals surface area contributed by atoms with E-state index in [1.807, 2.05) is 0 Å². The van der Waals surface area contributed by atoms with Crippen LogP contribution in [-0.2, 0) is 0 Å². The molecule has 2 heterocycles. The molecule has 38 heavy (non-hydrogen) atoms. The van der Waals surface area contributed by atoms with E-state index in [1.165, 1.54) is 41.5 Å². The molecule has 0 aliphatic carbocycles. The van der Waals surface area contributed by atoms with Crippen molar-refractivity contribution < 1.29 is 14.7 Å². The van der Waals surface area contributed by atoms with Gasteiger partial charge in [0.05, 0.1) is 29.6 Å². The second kappa shape index (κ2) is 9.96. The normalized spacial score (nSPS) is 10.9. The van der Waals surface area contributed by atoms with Gasteiger partial charge >= 0.3 is 0 Å². The van der Waals surface area contributed by atoms with Crippen molar-refractivity contribution in [3.63, 3.8) is 0 Å². The number of hydrogen-bond acceptors (Lipinski definition) is 8. The molecule has 0 saturated heterocycles. The number of carbonyl (C=O) groups excluding carboxylic acids is 2. The van der Waals surface area contributed by atoms with Gasteiger partial charge in [-0.15, -0.1) is 10.2 Å². The highest BCUT2D eigenvalue weighted by molar-refractivity contribution is 6.13. The lowest BCUT2D eigenvalue weighted by Gasteiger charge is -2.12. The number of azo groups is 1. The fourth-order valence-electron chi connectivity index (χ4n) is 3.74. The molecule has 5 rings (SSSR count). The number of carbonyl (C=O) groups is 2. The number of aromatic nitrogens is 4. The SMILES string of the molecule is [C-]#[N+]c1cnn(-c2ncccn2)c1N=Nc1c(O)c(C(=O)Nc2ccccc2C(N)=O)cc2ccccc12. The fraction of sp³-hybridized carbons (Fsp3) is 0. The Labute approximate surface area is 214 Å². The molecule has 3 aromatic carbocycles. The van der Waals surface area contributed by atoms with Crippen molar-refractivity contribution in [1.82, 2.24) is 19.7 Å². The number of amides is 2. The molecular formula is C26H17N9O3. The number of rotatable bonds is 6. The zero-order valence-electron chi connectivity index (χ0n) is 19.5. The quantitative estimate of drug-likeness (QED) is 0.222. The number of benzene rings is 3. The lowest BCUT2D eigenvalue weighted by molar-refractivity contribution is 0.100. The minimum atomic E-state index is -0.715. The molecule has 0 bridgehead atoms. The highest BCUT2D eigenvalue weighted by Gasteiger charge is 2.21. The summed E-state index contributed by atoms with van der Waals surface area (Å²) in [6.45, 7) is 7.46. The maximum atomic E-state index is 13.2. The van der Waals surface area contributed by atoms with Crippen molar-refractivity contribution in [3.8, 4) is 11.7 Å². The molecule has 0 radical (unpaired) electrons. The van der Waals surface area contributed by atoms with Crippen LogP contribution in [0.1, 0.15) is 20.7 Å². The number of anilines is 1. The molecule has 0 aliphatic rings. The molecule has 0 spiro atoms. The summed E-state index contributed by atoms with van der Waals surface area (Å²) in [6, 6.07) is 16.3. The number of nitrogens with zero attached hydrogens (tertiary/aromatic N) is 7. The second-order valence-corrected chi connectivity index (χ2v) is 7.83. The second-order valence-electron chi connectivity index (χ2n) is 7.83. The van der Waals surface area contributed by atoms with E-state index in [-0.39, 0.29) is 40.0 Å². The van der Waals surface area contributed by atoms with Crippen LogP contribution >= 0.6 is 0 Å². The predicted octanol–water partition coefficient (Wildman–Crippen LogP) is 4.84. The number of nitrogens with one attached hydrogen (secondary N) is 1. The van der Waals surface area contributed by atoms with E-state index in [2.05, 4.69) is 35.5 Å². The smallest absolute Gasteiger partial charge is 0.259 e. The number of nitrogens with two attached hydrogens (primary N) is 1. The van der Waals surface area contributed by atoms with Crippen LogP contribution < -0.4 is 11.1 Å². The molecule has 0 atom stereocenters. The van der Waals surface area contributed by atoms with Gasteiger partial charge in [0.1, 0.15) is 5.69 Å². The summed E-state index contributed by atoms with van der Waals surface area (Å²) >= 11 is 0. The van der Waals surface area contributed by atoms with Crippen molar-refractivity contribution in [2.45, 2.75) is 0 Å². The molecule has 5 aromatic rings. The average Bonchev–Trinajstić information content (AvgIpc) is 3.35. The molecule has 0 fully saturated rings. The number of fused-ring (bicyclic) bond motifs is 1. The summed E-state index contributed by atoms with van der Waals surface area (Å²) in [5, 5.41) is 27.4. The summed E-state index contributed by atoms with van der Waals surface area (Å²) in [5.41, 5.74) is 5.69. The fourth-order valence-corrected chi connectivity index (χ4v) is 3.74. The number of primary amides is 1. The molecule has 4 N–H and O–H groups in total. The monoisotopic (exact) mass is 503 g/mol. The van der Waals surface area contributed by atoms with Crippen LogP contribution in [0.2, 0.25) is 0 Å². The molecule has 0 aliphatic heterocycles. The summed E-state index contributed by atoms with van der Waals surface area (Å²) in [6.07, 6.45) is 4.33. The summed E-state index contributed by atoms with van der Waals surface area (Å²) < 4.78 is 1.24. The minimum absolute atomic E-state index is 0.00547. The number of phenols is 1. The first-order valence-electron chi connectivity index (χ1n) is 11.1. The molecule has 12 nitrogen and oxygen atoms in total. The van der Waals surface area contributed by atoms with E-state index < -0.39 is 17.6 Å². The van der Waals surface area contributed by atoms with Gasteiger partial charge in [-0.1, -0.05) is 36.4 Å². The van der Waals surface area contributed by atoms with Gasteiger partial charge in [-0.3, -0.25) is 9.59 Å². The molecule has 0 unspecified atom stereocenters. The molecule has 184 valence electrons. The molecule has 12 heteroatoms. The van der Waals surface area contributed by atoms with E-state index in [4.69, 9.17) is 12.3 Å². The van der Waals surface area contributed by atoms with Gasteiger partial charge in [0, 0.05) is 17.8 Å². The van der Waals surface area contributed by atoms with Gasteiger partial charge in [0.15, 0.2) is 11.6 Å². The zero-order chi connectivity index (χ0) is 26.6. The van der Waals surface area contributed by atoms with Crippen molar-refractivity contribution in [1.29, 1.82) is 0 Å². The number of para-hydroxylation sites is 1. The van der Waals surface area contributed by atoms with E-state index in [0.29, 0.717) is 10.8 Å². The topological polar surface area (TPSA) is 165 Å². The van der Waals surface area contributed by atoms with Crippen LogP contribution in [0.15, 0.2) is 89.5 Å². The van der Waals surface area contributed by atoms with Gasteiger partial charge in [-0.25, -0.2) is 14.8 Å². The van der Waals surface area contributed by atoms with Crippen LogP contribution in [0.4, 0.5) is 22.9 Å². The van der Waals surface area contributed by atoms with Crippen LogP contribution in [-0.4, -0.2) is 36.7 Å². The Bertz CT molecular complexity index is 1770. The lowest BCUT2D eigenvalue weighted by atomic mass is 10.0. The lowest BCUT2D eigenvalue weighted by Crippen LogP contribution is -2.18. The van der Waals surface area contributed by atoms with Crippen LogP contribution in [0.3, 0.4) is 0 Å². The van der Waals surface area contributed by atoms with Gasteiger partial charge in [-0.2, -0.15) is 9.78 Å². The Hall–Kier alpha value is -5.96. The van der Waals surface area contributed by atoms with E-state index in [9.17, 15) is 14.7 Å². The first-order valence-corrected chi connectivity index (χ1v) is 11.1. The van der Waals surface area contributed by atoms with E-state index in [1.54, 1.807) is 42.5 Å². The van der Waals surface area contributed by atoms with Gasteiger partial charge in [-0.05, 0) is 29.7 Å². The predicted molar refractivity (Wildman–Crippen MR) is 138 cm³/mol. The standard InChI is InChI=1S/C26H17N9O3/c1-28-20-14-31-35(26-29-11-6-12-30-26)24(20)34-33-21-16-8-3-2-7-15(16)13-18(22(21)36)25(38)32-19-10-5-4-9-17(19)23(27)37/h2-14,36H,(H2,27,37)(H,32,38). The van der Waals surface area contributed by atoms with Crippen molar-refractivity contribution >= 4 is 45.5 Å². The molecule has 2 aromatic heterocycles. The minimum Gasteiger partial charge on any atom is -0.505 e. The van der Waals surface area contributed by atoms with Gasteiger partial charge < -0.3 is 16.2 Å². The Morgan fingerprint density at radius 2 is 1.74 bits per heavy atom. The third kappa shape index (κ3) is 4.38. The first-order chi connectivity index (χ1) is 18.5. The summed E-state index contributed by atoms with van der Waals surface area (Å²) in [4.78, 5) is 36.7. The van der Waals surface area contributed by atoms with Gasteiger partial charge in [0.2, 0.25) is 0 Å². The highest BCUT2D eigenvalue weighted by atomic mass is 16.3. The van der Waals surface area contributed by atoms with Crippen molar-refractivity contribution in [3.05, 3.63) is 102 Å². The average molecular weight is 503 g/mol. The Balaban J connectivity index is 1.61. The largest absolute Gasteiger partial charge is 0.505 e. The van der Waals surface area contributed by atoms with E-state index in [0.717, 1.165) is 0 Å². The maximum Gasteiger partial charge on any atom is 0.259 e. The third-order valence-electron chi connectivity index (χ3n) is 5.51. The maximum absolute atomic E-state index is 13.2. The van der Waals surface area contributed by atoms with Crippen molar-refractivity contribution in [2.75, 3.05) is 5.32 Å². The number of phenolic OH excluding ortho intramolecular Hbond substituents is 1. The molecule has 0 saturated carbocycles. The molecule has 2 amide bonds. The summed E-state index contributed by atoms with van der Waals surface area (Å²) in [7, 11) is 0. The number of aromatic hydroxyl groups is 1. The first kappa shape index (κ1) is 23.8. The van der Waals surface area contributed by atoms with Crippen molar-refractivity contribution in [2.24, 2.45) is 16.0 Å². The summed E-state index contributed by atoms with van der Waals surface area (Å²) in [5.74, 6) is -1.64. The van der Waals surface area contributed by atoms with Crippen LogP contribution in [0.25, 0.3) is 21.6 Å².